The Balaban J connectivity index is 1.68. The highest BCUT2D eigenvalue weighted by Gasteiger charge is 2.14. The molecule has 2 N–H and O–H groups in total. The number of nitrogens with one attached hydrogen (secondary N) is 1. The molecule has 1 unspecified atom stereocenters. The van der Waals surface area contributed by atoms with Crippen LogP contribution in [-0.4, -0.2) is 60.5 Å². The molecule has 1 aromatic heterocycles. The lowest BCUT2D eigenvalue weighted by Crippen LogP contribution is -2.42. The minimum Gasteiger partial charge on any atom is -0.390 e. The molecule has 94 valence electrons. The normalized spacial score (nSPS) is 18.9. The molecular weight excluding hydrogens is 218 g/mol. The van der Waals surface area contributed by atoms with E-state index in [1.807, 2.05) is 18.2 Å². The smallest absolute Gasteiger partial charge is 0.125 e. The van der Waals surface area contributed by atoms with Crippen LogP contribution in [0.25, 0.3) is 0 Å². The first-order valence-corrected chi connectivity index (χ1v) is 5.97. The summed E-state index contributed by atoms with van der Waals surface area (Å²) in [6.07, 6.45) is 1.35. The molecule has 0 bridgehead atoms. The van der Waals surface area contributed by atoms with Crippen LogP contribution in [0.3, 0.4) is 0 Å². The summed E-state index contributed by atoms with van der Waals surface area (Å²) in [7, 11) is 0. The standard InChI is InChI=1S/C12H19N3O2/c16-11(10-15-5-7-17-8-6-15)9-14-12-3-1-2-4-13-12/h1-4,11,16H,5-10H2,(H,13,14). The third-order valence-corrected chi connectivity index (χ3v) is 2.76. The van der Waals surface area contributed by atoms with Gasteiger partial charge in [-0.25, -0.2) is 4.98 Å². The molecule has 1 aromatic rings. The third-order valence-electron chi connectivity index (χ3n) is 2.76. The van der Waals surface area contributed by atoms with Crippen LogP contribution >= 0.6 is 0 Å². The van der Waals surface area contributed by atoms with Crippen LogP contribution in [-0.2, 0) is 4.74 Å². The molecule has 2 heterocycles. The average molecular weight is 237 g/mol. The highest BCUT2D eigenvalue weighted by atomic mass is 16.5. The molecule has 0 aromatic carbocycles. The predicted molar refractivity (Wildman–Crippen MR) is 66.0 cm³/mol. The molecule has 0 amide bonds. The van der Waals surface area contributed by atoms with Gasteiger partial charge in [0.25, 0.3) is 0 Å². The zero-order valence-corrected chi connectivity index (χ0v) is 9.88. The number of rotatable bonds is 5. The summed E-state index contributed by atoms with van der Waals surface area (Å²) in [5.74, 6) is 0.800. The fraction of sp³-hybridized carbons (Fsp3) is 0.583. The number of β-amino-alcohol motifs (C(OH)–C–C–N with tert-alkyl or cyclic N) is 1. The summed E-state index contributed by atoms with van der Waals surface area (Å²) in [5.41, 5.74) is 0. The van der Waals surface area contributed by atoms with Crippen molar-refractivity contribution in [3.63, 3.8) is 0 Å². The van der Waals surface area contributed by atoms with Gasteiger partial charge in [-0.05, 0) is 12.1 Å². The van der Waals surface area contributed by atoms with Gasteiger partial charge < -0.3 is 15.2 Å². The first-order chi connectivity index (χ1) is 8.34. The van der Waals surface area contributed by atoms with Gasteiger partial charge in [0.05, 0.1) is 19.3 Å². The van der Waals surface area contributed by atoms with E-state index in [-0.39, 0.29) is 6.10 Å². The Morgan fingerprint density at radius 2 is 2.24 bits per heavy atom. The summed E-state index contributed by atoms with van der Waals surface area (Å²) in [6.45, 7) is 4.54. The quantitative estimate of drug-likeness (QED) is 0.765. The molecule has 2 rings (SSSR count). The van der Waals surface area contributed by atoms with Crippen LogP contribution in [0, 0.1) is 0 Å². The molecule has 5 heteroatoms. The Kier molecular flexibility index (Phi) is 4.73. The van der Waals surface area contributed by atoms with Crippen molar-refractivity contribution in [1.82, 2.24) is 9.88 Å². The van der Waals surface area contributed by atoms with Crippen LogP contribution in [0.1, 0.15) is 0 Å². The Bertz CT molecular complexity index is 315. The first kappa shape index (κ1) is 12.3. The van der Waals surface area contributed by atoms with Gasteiger partial charge in [-0.1, -0.05) is 6.07 Å². The van der Waals surface area contributed by atoms with Crippen molar-refractivity contribution in [1.29, 1.82) is 0 Å². The van der Waals surface area contributed by atoms with Gasteiger partial charge in [-0.3, -0.25) is 4.90 Å². The number of hydrogen-bond donors (Lipinski definition) is 2. The number of aliphatic hydroxyl groups is 1. The number of ether oxygens (including phenoxy) is 1. The van der Waals surface area contributed by atoms with Crippen LogP contribution in [0.4, 0.5) is 5.82 Å². The molecule has 0 aliphatic carbocycles. The maximum atomic E-state index is 9.89. The number of aliphatic hydroxyl groups excluding tert-OH is 1. The summed E-state index contributed by atoms with van der Waals surface area (Å²) in [5, 5.41) is 13.0. The second kappa shape index (κ2) is 6.54. The van der Waals surface area contributed by atoms with E-state index in [1.54, 1.807) is 6.20 Å². The van der Waals surface area contributed by atoms with E-state index in [1.165, 1.54) is 0 Å². The van der Waals surface area contributed by atoms with E-state index in [4.69, 9.17) is 4.74 Å². The Morgan fingerprint density at radius 3 is 2.94 bits per heavy atom. The van der Waals surface area contributed by atoms with Crippen LogP contribution < -0.4 is 5.32 Å². The number of hydrogen-bond acceptors (Lipinski definition) is 5. The Morgan fingerprint density at radius 1 is 1.41 bits per heavy atom. The Labute approximate surface area is 101 Å². The molecule has 1 aliphatic heterocycles. The van der Waals surface area contributed by atoms with Gasteiger partial charge >= 0.3 is 0 Å². The number of pyridine rings is 1. The van der Waals surface area contributed by atoms with E-state index >= 15 is 0 Å². The minimum absolute atomic E-state index is 0.380. The topological polar surface area (TPSA) is 57.6 Å². The lowest BCUT2D eigenvalue weighted by molar-refractivity contribution is 0.0171. The number of morpholine rings is 1. The average Bonchev–Trinajstić information content (AvgIpc) is 2.39. The van der Waals surface area contributed by atoms with E-state index in [2.05, 4.69) is 15.2 Å². The lowest BCUT2D eigenvalue weighted by atomic mass is 10.3. The van der Waals surface area contributed by atoms with Gasteiger partial charge in [-0.2, -0.15) is 0 Å². The zero-order chi connectivity index (χ0) is 11.9. The number of aromatic nitrogens is 1. The molecule has 1 saturated heterocycles. The first-order valence-electron chi connectivity index (χ1n) is 5.97. The van der Waals surface area contributed by atoms with Crippen molar-refractivity contribution in [2.24, 2.45) is 0 Å². The van der Waals surface area contributed by atoms with E-state index in [0.717, 1.165) is 32.1 Å². The van der Waals surface area contributed by atoms with E-state index in [9.17, 15) is 5.11 Å². The van der Waals surface area contributed by atoms with Crippen LogP contribution in [0.15, 0.2) is 24.4 Å². The molecular formula is C12H19N3O2. The van der Waals surface area contributed by atoms with Crippen molar-refractivity contribution in [2.75, 3.05) is 44.7 Å². The van der Waals surface area contributed by atoms with Crippen LogP contribution in [0.5, 0.6) is 0 Å². The molecule has 5 nitrogen and oxygen atoms in total. The lowest BCUT2D eigenvalue weighted by Gasteiger charge is -2.28. The second-order valence-corrected chi connectivity index (χ2v) is 4.16. The monoisotopic (exact) mass is 237 g/mol. The summed E-state index contributed by atoms with van der Waals surface area (Å²) in [4.78, 5) is 6.36. The van der Waals surface area contributed by atoms with Gasteiger partial charge in [0, 0.05) is 32.4 Å². The minimum atomic E-state index is -0.380. The van der Waals surface area contributed by atoms with Crippen molar-refractivity contribution < 1.29 is 9.84 Å². The molecule has 1 atom stereocenters. The fourth-order valence-corrected chi connectivity index (χ4v) is 1.84. The van der Waals surface area contributed by atoms with E-state index in [0.29, 0.717) is 13.1 Å². The highest BCUT2D eigenvalue weighted by molar-refractivity contribution is 5.33. The predicted octanol–water partition coefficient (Wildman–Crippen LogP) is 0.187. The van der Waals surface area contributed by atoms with Crippen molar-refractivity contribution in [3.05, 3.63) is 24.4 Å². The van der Waals surface area contributed by atoms with Gasteiger partial charge in [0.2, 0.25) is 0 Å². The largest absolute Gasteiger partial charge is 0.390 e. The maximum Gasteiger partial charge on any atom is 0.125 e. The van der Waals surface area contributed by atoms with Crippen LogP contribution in [0.2, 0.25) is 0 Å². The molecule has 0 spiro atoms. The fourth-order valence-electron chi connectivity index (χ4n) is 1.84. The SMILES string of the molecule is OC(CNc1ccccn1)CN1CCOCC1. The number of nitrogens with zero attached hydrogens (tertiary/aromatic N) is 2. The molecule has 1 aliphatic rings. The zero-order valence-electron chi connectivity index (χ0n) is 9.88. The summed E-state index contributed by atoms with van der Waals surface area (Å²) < 4.78 is 5.26. The van der Waals surface area contributed by atoms with Gasteiger partial charge in [0.15, 0.2) is 0 Å². The van der Waals surface area contributed by atoms with E-state index < -0.39 is 0 Å². The third kappa shape index (κ3) is 4.30. The summed E-state index contributed by atoms with van der Waals surface area (Å²) in [6, 6.07) is 5.68. The Hall–Kier alpha value is -1.17. The molecule has 17 heavy (non-hydrogen) atoms. The highest BCUT2D eigenvalue weighted by Crippen LogP contribution is 2.02. The van der Waals surface area contributed by atoms with Crippen molar-refractivity contribution >= 4 is 5.82 Å². The summed E-state index contributed by atoms with van der Waals surface area (Å²) >= 11 is 0. The molecule has 0 saturated carbocycles. The molecule has 1 fully saturated rings. The van der Waals surface area contributed by atoms with Crippen molar-refractivity contribution in [2.45, 2.75) is 6.10 Å². The van der Waals surface area contributed by atoms with Gasteiger partial charge in [0.1, 0.15) is 5.82 Å². The van der Waals surface area contributed by atoms with Gasteiger partial charge in [-0.15, -0.1) is 0 Å². The second-order valence-electron chi connectivity index (χ2n) is 4.16. The number of anilines is 1. The molecule has 0 radical (unpaired) electrons. The maximum absolute atomic E-state index is 9.89. The van der Waals surface area contributed by atoms with Crippen molar-refractivity contribution in [3.8, 4) is 0 Å².